The zero-order valence-corrected chi connectivity index (χ0v) is 29.1. The number of fused-ring (bicyclic) bond motifs is 2. The van der Waals surface area contributed by atoms with Gasteiger partial charge in [0.1, 0.15) is 0 Å². The summed E-state index contributed by atoms with van der Waals surface area (Å²) >= 11 is 12.5. The number of carboxylic acids is 1. The minimum absolute atomic E-state index is 0.0122. The summed E-state index contributed by atoms with van der Waals surface area (Å²) in [5, 5.41) is 13.4. The van der Waals surface area contributed by atoms with Crippen LogP contribution in [0.15, 0.2) is 18.6 Å². The average Bonchev–Trinajstić information content (AvgIpc) is 3.78. The highest BCUT2D eigenvalue weighted by atomic mass is 35.5. The Kier molecular flexibility index (Phi) is 11.5. The van der Waals surface area contributed by atoms with Crippen LogP contribution in [0, 0.1) is 29.1 Å². The molecule has 2 unspecified atom stereocenters. The number of alkyl halides is 3. The van der Waals surface area contributed by atoms with E-state index in [0.717, 1.165) is 42.5 Å². The minimum atomic E-state index is -4.92. The summed E-state index contributed by atoms with van der Waals surface area (Å²) in [6, 6.07) is -0.706. The number of rotatable bonds is 14. The number of pyridine rings is 1. The van der Waals surface area contributed by atoms with Crippen molar-refractivity contribution in [1.82, 2.24) is 19.7 Å². The fourth-order valence-corrected chi connectivity index (χ4v) is 9.41. The number of carbonyl (C=O) groups excluding carboxylic acids is 2. The summed E-state index contributed by atoms with van der Waals surface area (Å²) in [6.45, 7) is 3.71. The van der Waals surface area contributed by atoms with Crippen LogP contribution in [-0.2, 0) is 11.0 Å². The summed E-state index contributed by atoms with van der Waals surface area (Å²) in [6.07, 6.45) is 9.63. The van der Waals surface area contributed by atoms with Crippen LogP contribution in [0.2, 0.25) is 10.0 Å². The molecule has 2 atom stereocenters. The maximum Gasteiger partial charge on any atom is 0.433 e. The summed E-state index contributed by atoms with van der Waals surface area (Å²) < 4.78 is 44.9. The van der Waals surface area contributed by atoms with Crippen molar-refractivity contribution in [3.63, 3.8) is 0 Å². The van der Waals surface area contributed by atoms with E-state index in [1.165, 1.54) is 49.4 Å². The number of amides is 1. The van der Waals surface area contributed by atoms with E-state index in [9.17, 15) is 32.7 Å². The zero-order valence-electron chi connectivity index (χ0n) is 27.6. The van der Waals surface area contributed by atoms with Gasteiger partial charge in [-0.1, -0.05) is 49.9 Å². The van der Waals surface area contributed by atoms with Crippen LogP contribution in [0.3, 0.4) is 0 Å². The third-order valence-corrected chi connectivity index (χ3v) is 11.9. The third kappa shape index (κ3) is 7.87. The average molecular weight is 714 g/mol. The first-order valence-corrected chi connectivity index (χ1v) is 18.0. The number of halogens is 5. The number of hydrogen-bond donors (Lipinski definition) is 1. The minimum Gasteiger partial charge on any atom is -0.481 e. The molecule has 0 saturated heterocycles. The number of carboxylic acid groups (broad SMARTS) is 1. The van der Waals surface area contributed by atoms with E-state index < -0.39 is 53.6 Å². The number of aromatic nitrogens is 3. The number of Topliss-reactive ketones (excluding diaryl/α,β-unsaturated/α-hetero) is 1. The number of ketones is 1. The molecule has 3 saturated carbocycles. The molecule has 8 nitrogen and oxygen atoms in total. The second kappa shape index (κ2) is 15.1. The number of aliphatic carboxylic acids is 1. The van der Waals surface area contributed by atoms with Gasteiger partial charge in [0.15, 0.2) is 11.5 Å². The first-order chi connectivity index (χ1) is 22.7. The number of nitrogens with zero attached hydrogens (tertiary/aromatic N) is 4. The van der Waals surface area contributed by atoms with Gasteiger partial charge in [-0.3, -0.25) is 24.0 Å². The van der Waals surface area contributed by atoms with Crippen molar-refractivity contribution in [3.05, 3.63) is 45.5 Å². The quantitative estimate of drug-likeness (QED) is 0.196. The maximum absolute atomic E-state index is 14.7. The molecule has 13 heteroatoms. The Bertz CT molecular complexity index is 1460. The van der Waals surface area contributed by atoms with E-state index in [1.807, 2.05) is 6.92 Å². The lowest BCUT2D eigenvalue weighted by atomic mass is 9.69. The second-order valence-corrected chi connectivity index (χ2v) is 15.3. The van der Waals surface area contributed by atoms with Gasteiger partial charge in [-0.25, -0.2) is 0 Å². The van der Waals surface area contributed by atoms with Gasteiger partial charge in [0.05, 0.1) is 45.9 Å². The molecule has 2 aromatic heterocycles. The second-order valence-electron chi connectivity index (χ2n) is 14.5. The predicted octanol–water partition coefficient (Wildman–Crippen LogP) is 9.16. The molecule has 1 amide bonds. The molecular formula is C35H45Cl2F3N4O4. The first kappa shape index (κ1) is 36.6. The Morgan fingerprint density at radius 3 is 2.21 bits per heavy atom. The SMILES string of the molecule is CCCC(CCC(C)CN(CC(=O)c1c(Cl)cncc1Cl)C(=O)c1cnn(C2CCC(C(=O)O)CC2)c1C(F)(F)F)C12CCC(CC1)C2. The van der Waals surface area contributed by atoms with Crippen molar-refractivity contribution in [2.24, 2.45) is 29.1 Å². The van der Waals surface area contributed by atoms with Crippen molar-refractivity contribution in [3.8, 4) is 0 Å². The third-order valence-electron chi connectivity index (χ3n) is 11.3. The van der Waals surface area contributed by atoms with Gasteiger partial charge in [-0.2, -0.15) is 18.3 Å². The molecule has 2 bridgehead atoms. The summed E-state index contributed by atoms with van der Waals surface area (Å²) in [4.78, 5) is 44.2. The van der Waals surface area contributed by atoms with Crippen molar-refractivity contribution < 1.29 is 32.7 Å². The molecule has 3 aliphatic carbocycles. The largest absolute Gasteiger partial charge is 0.481 e. The molecule has 3 fully saturated rings. The molecule has 1 N–H and O–H groups in total. The summed E-state index contributed by atoms with van der Waals surface area (Å²) in [5.41, 5.74) is -1.49. The molecule has 3 aliphatic rings. The molecule has 264 valence electrons. The highest BCUT2D eigenvalue weighted by molar-refractivity contribution is 6.39. The normalized spacial score (nSPS) is 25.2. The van der Waals surface area contributed by atoms with Gasteiger partial charge in [-0.15, -0.1) is 0 Å². The fraction of sp³-hybridized carbons (Fsp3) is 0.686. The highest BCUT2D eigenvalue weighted by Crippen LogP contribution is 2.60. The topological polar surface area (TPSA) is 105 Å². The van der Waals surface area contributed by atoms with E-state index in [2.05, 4.69) is 17.0 Å². The van der Waals surface area contributed by atoms with Gasteiger partial charge in [-0.05, 0) is 93.8 Å². The van der Waals surface area contributed by atoms with Crippen LogP contribution in [-0.4, -0.2) is 55.5 Å². The molecule has 0 aromatic carbocycles. The zero-order chi connectivity index (χ0) is 34.8. The molecular weight excluding hydrogens is 668 g/mol. The Hall–Kier alpha value is -2.66. The van der Waals surface area contributed by atoms with Crippen LogP contribution in [0.5, 0.6) is 0 Å². The monoisotopic (exact) mass is 712 g/mol. The van der Waals surface area contributed by atoms with Crippen LogP contribution in [0.1, 0.15) is 130 Å². The lowest BCUT2D eigenvalue weighted by Crippen LogP contribution is -2.40. The highest BCUT2D eigenvalue weighted by Gasteiger charge is 2.49. The Balaban J connectivity index is 1.40. The van der Waals surface area contributed by atoms with Crippen molar-refractivity contribution in [1.29, 1.82) is 0 Å². The number of carbonyl (C=O) groups is 3. The van der Waals surface area contributed by atoms with Crippen LogP contribution >= 0.6 is 23.2 Å². The number of hydrogen-bond acceptors (Lipinski definition) is 5. The van der Waals surface area contributed by atoms with Crippen LogP contribution < -0.4 is 0 Å². The van der Waals surface area contributed by atoms with Crippen molar-refractivity contribution in [2.45, 2.75) is 110 Å². The molecule has 0 radical (unpaired) electrons. The Morgan fingerprint density at radius 1 is 1.02 bits per heavy atom. The van der Waals surface area contributed by atoms with Gasteiger partial charge in [0.25, 0.3) is 5.91 Å². The van der Waals surface area contributed by atoms with Gasteiger partial charge in [0, 0.05) is 18.9 Å². The van der Waals surface area contributed by atoms with Crippen molar-refractivity contribution in [2.75, 3.05) is 13.1 Å². The maximum atomic E-state index is 14.7. The Morgan fingerprint density at radius 2 is 1.67 bits per heavy atom. The fourth-order valence-electron chi connectivity index (χ4n) is 8.83. The summed E-state index contributed by atoms with van der Waals surface area (Å²) in [7, 11) is 0. The van der Waals surface area contributed by atoms with E-state index in [0.29, 0.717) is 11.3 Å². The predicted molar refractivity (Wildman–Crippen MR) is 176 cm³/mol. The van der Waals surface area contributed by atoms with E-state index in [4.69, 9.17) is 23.2 Å². The van der Waals surface area contributed by atoms with Gasteiger partial charge >= 0.3 is 12.1 Å². The van der Waals surface area contributed by atoms with E-state index >= 15 is 0 Å². The van der Waals surface area contributed by atoms with Gasteiger partial charge in [0.2, 0.25) is 0 Å². The van der Waals surface area contributed by atoms with E-state index in [1.54, 1.807) is 0 Å². The lowest BCUT2D eigenvalue weighted by Gasteiger charge is -2.37. The molecule has 2 heterocycles. The first-order valence-electron chi connectivity index (χ1n) is 17.2. The van der Waals surface area contributed by atoms with Crippen LogP contribution in [0.4, 0.5) is 13.2 Å². The molecule has 0 spiro atoms. The lowest BCUT2D eigenvalue weighted by molar-refractivity contribution is -0.147. The van der Waals surface area contributed by atoms with Crippen LogP contribution in [0.25, 0.3) is 0 Å². The smallest absolute Gasteiger partial charge is 0.433 e. The molecule has 48 heavy (non-hydrogen) atoms. The van der Waals surface area contributed by atoms with E-state index in [-0.39, 0.29) is 53.8 Å². The molecule has 5 rings (SSSR count). The van der Waals surface area contributed by atoms with Gasteiger partial charge < -0.3 is 10.0 Å². The van der Waals surface area contributed by atoms with Crippen molar-refractivity contribution >= 4 is 40.9 Å². The molecule has 2 aromatic rings. The Labute approximate surface area is 289 Å². The molecule has 0 aliphatic heterocycles. The standard InChI is InChI=1S/C35H45Cl2F3N4O4/c1-3-4-24(34-13-11-22(15-34)12-14-34)8-5-21(2)19-43(20-29(45)30-27(36)17-41-18-28(30)37)32(46)26-16-42-44(31(26)35(38,39)40)25-9-6-23(7-10-25)33(47)48/h16-18,21-25H,3-15,19-20H2,1-2H3,(H,47,48). The summed E-state index contributed by atoms with van der Waals surface area (Å²) in [5.74, 6) is -1.87.